The number of nitrogens with one attached hydrogen (secondary N) is 2. The minimum Gasteiger partial charge on any atom is -0.339 e. The summed E-state index contributed by atoms with van der Waals surface area (Å²) >= 11 is 0. The Bertz CT molecular complexity index is 935. The van der Waals surface area contributed by atoms with Gasteiger partial charge < -0.3 is 20.1 Å². The highest BCUT2D eigenvalue weighted by Gasteiger charge is 2.50. The van der Waals surface area contributed by atoms with Crippen LogP contribution in [-0.4, -0.2) is 88.4 Å². The SMILES string of the molecule is CC(C)N1CC[C@H](NC2CCCC(F)(F)C2NC(=O)N2CCC(C)(c3noc([C@@H]4C[C@@H]4F)n3)CC2)C1. The molecule has 5 rings (SSSR count). The number of urea groups is 1. The van der Waals surface area contributed by atoms with Crippen molar-refractivity contribution in [2.24, 2.45) is 0 Å². The molecule has 1 aromatic rings. The third-order valence-corrected chi connectivity index (χ3v) is 8.73. The molecular formula is C25H39F3N6O2. The molecule has 36 heavy (non-hydrogen) atoms. The predicted octanol–water partition coefficient (Wildman–Crippen LogP) is 3.59. The fraction of sp³-hybridized carbons (Fsp3) is 0.880. The molecule has 2 saturated carbocycles. The first-order chi connectivity index (χ1) is 17.1. The summed E-state index contributed by atoms with van der Waals surface area (Å²) in [5.41, 5.74) is -0.400. The Morgan fingerprint density at radius 1 is 1.17 bits per heavy atom. The highest BCUT2D eigenvalue weighted by molar-refractivity contribution is 5.75. The Balaban J connectivity index is 1.18. The molecule has 4 aliphatic rings. The maximum absolute atomic E-state index is 15.0. The minimum atomic E-state index is -2.95. The van der Waals surface area contributed by atoms with E-state index in [9.17, 15) is 9.18 Å². The zero-order valence-corrected chi connectivity index (χ0v) is 21.5. The van der Waals surface area contributed by atoms with Crippen molar-refractivity contribution in [2.45, 2.75) is 113 Å². The van der Waals surface area contributed by atoms with E-state index in [1.807, 2.05) is 6.92 Å². The smallest absolute Gasteiger partial charge is 0.317 e. The van der Waals surface area contributed by atoms with Gasteiger partial charge in [-0.1, -0.05) is 12.1 Å². The molecule has 1 aromatic heterocycles. The molecule has 2 N–H and O–H groups in total. The van der Waals surface area contributed by atoms with Crippen molar-refractivity contribution in [3.63, 3.8) is 0 Å². The van der Waals surface area contributed by atoms with Crippen LogP contribution in [0.3, 0.4) is 0 Å². The maximum atomic E-state index is 15.0. The van der Waals surface area contributed by atoms with Gasteiger partial charge >= 0.3 is 6.03 Å². The number of aromatic nitrogens is 2. The minimum absolute atomic E-state index is 0.157. The van der Waals surface area contributed by atoms with Crippen LogP contribution in [0.2, 0.25) is 0 Å². The van der Waals surface area contributed by atoms with E-state index in [2.05, 4.69) is 39.5 Å². The molecule has 0 radical (unpaired) electrons. The molecule has 0 bridgehead atoms. The van der Waals surface area contributed by atoms with Crippen LogP contribution in [0, 0.1) is 0 Å². The van der Waals surface area contributed by atoms with Crippen LogP contribution in [0.1, 0.15) is 83.3 Å². The monoisotopic (exact) mass is 512 g/mol. The van der Waals surface area contributed by atoms with Crippen molar-refractivity contribution in [2.75, 3.05) is 26.2 Å². The van der Waals surface area contributed by atoms with E-state index >= 15 is 8.78 Å². The van der Waals surface area contributed by atoms with E-state index in [-0.39, 0.29) is 18.4 Å². The van der Waals surface area contributed by atoms with Gasteiger partial charge in [0.1, 0.15) is 12.2 Å². The van der Waals surface area contributed by atoms with E-state index in [0.29, 0.717) is 63.0 Å². The molecule has 0 aromatic carbocycles. The van der Waals surface area contributed by atoms with Crippen LogP contribution in [0.15, 0.2) is 4.52 Å². The quantitative estimate of drug-likeness (QED) is 0.606. The van der Waals surface area contributed by atoms with Gasteiger partial charge in [0, 0.05) is 49.6 Å². The highest BCUT2D eigenvalue weighted by Crippen LogP contribution is 2.44. The number of likely N-dealkylation sites (tertiary alicyclic amines) is 2. The lowest BCUT2D eigenvalue weighted by molar-refractivity contribution is -0.0735. The zero-order valence-electron chi connectivity index (χ0n) is 21.5. The summed E-state index contributed by atoms with van der Waals surface area (Å²) in [5.74, 6) is -2.37. The molecule has 8 nitrogen and oxygen atoms in total. The summed E-state index contributed by atoms with van der Waals surface area (Å²) in [5, 5.41) is 10.2. The summed E-state index contributed by atoms with van der Waals surface area (Å²) < 4.78 is 48.7. The molecule has 4 fully saturated rings. The third kappa shape index (κ3) is 5.23. The molecule has 2 saturated heterocycles. The average Bonchev–Trinajstić information content (AvgIpc) is 3.20. The van der Waals surface area contributed by atoms with Crippen molar-refractivity contribution in [1.29, 1.82) is 0 Å². The van der Waals surface area contributed by atoms with Gasteiger partial charge in [-0.3, -0.25) is 4.90 Å². The Morgan fingerprint density at radius 2 is 1.89 bits per heavy atom. The van der Waals surface area contributed by atoms with Gasteiger partial charge in [-0.15, -0.1) is 0 Å². The number of nitrogens with zero attached hydrogens (tertiary/aromatic N) is 4. The van der Waals surface area contributed by atoms with Crippen molar-refractivity contribution in [1.82, 2.24) is 30.6 Å². The zero-order chi connectivity index (χ0) is 25.7. The molecule has 2 amide bonds. The van der Waals surface area contributed by atoms with Gasteiger partial charge in [-0.05, 0) is 58.9 Å². The summed E-state index contributed by atoms with van der Waals surface area (Å²) in [7, 11) is 0. The summed E-state index contributed by atoms with van der Waals surface area (Å²) in [4.78, 5) is 21.5. The van der Waals surface area contributed by atoms with Crippen LogP contribution in [-0.2, 0) is 5.41 Å². The number of rotatable bonds is 6. The number of piperidine rings is 1. The maximum Gasteiger partial charge on any atom is 0.317 e. The molecule has 2 aliphatic heterocycles. The molecule has 202 valence electrons. The van der Waals surface area contributed by atoms with E-state index in [0.717, 1.165) is 19.5 Å². The normalized spacial score (nSPS) is 34.2. The Kier molecular flexibility index (Phi) is 6.99. The highest BCUT2D eigenvalue weighted by atomic mass is 19.3. The Labute approximate surface area is 210 Å². The van der Waals surface area contributed by atoms with Gasteiger partial charge in [0.05, 0.1) is 5.92 Å². The lowest BCUT2D eigenvalue weighted by Crippen LogP contribution is -2.64. The molecule has 0 spiro atoms. The average molecular weight is 513 g/mol. The van der Waals surface area contributed by atoms with E-state index < -0.39 is 35.6 Å². The molecule has 11 heteroatoms. The largest absolute Gasteiger partial charge is 0.339 e. The van der Waals surface area contributed by atoms with Crippen LogP contribution in [0.4, 0.5) is 18.0 Å². The van der Waals surface area contributed by atoms with E-state index in [1.165, 1.54) is 0 Å². The van der Waals surface area contributed by atoms with Crippen LogP contribution in [0.5, 0.6) is 0 Å². The van der Waals surface area contributed by atoms with Crippen molar-refractivity contribution < 1.29 is 22.5 Å². The first-order valence-electron chi connectivity index (χ1n) is 13.5. The third-order valence-electron chi connectivity index (χ3n) is 8.73. The first-order valence-corrected chi connectivity index (χ1v) is 13.5. The molecular weight excluding hydrogens is 473 g/mol. The predicted molar refractivity (Wildman–Crippen MR) is 128 cm³/mol. The van der Waals surface area contributed by atoms with Gasteiger partial charge in [-0.25, -0.2) is 18.0 Å². The second-order valence-electron chi connectivity index (χ2n) is 11.8. The number of amides is 2. The summed E-state index contributed by atoms with van der Waals surface area (Å²) in [6.45, 7) is 8.91. The van der Waals surface area contributed by atoms with Gasteiger partial charge in [0.2, 0.25) is 5.89 Å². The standard InChI is InChI=1S/C25H39F3N6O2/c1-15(2)34-10-6-16(14-34)29-19-5-4-7-25(27,28)20(19)30-23(35)33-11-8-24(3,9-12-33)22-31-21(36-32-22)17-13-18(17)26/h15-20,29H,4-14H2,1-3H3,(H,30,35)/t16-,17+,18-,19?,20?/m0/s1. The summed E-state index contributed by atoms with van der Waals surface area (Å²) in [6, 6.07) is -1.54. The molecule has 3 heterocycles. The number of hydrogen-bond acceptors (Lipinski definition) is 6. The molecule has 5 atom stereocenters. The molecule has 2 unspecified atom stereocenters. The van der Waals surface area contributed by atoms with Gasteiger partial charge in [0.15, 0.2) is 5.82 Å². The summed E-state index contributed by atoms with van der Waals surface area (Å²) in [6.07, 6.45) is 2.46. The fourth-order valence-corrected chi connectivity index (χ4v) is 5.96. The Hall–Kier alpha value is -1.88. The number of hydrogen-bond donors (Lipinski definition) is 2. The van der Waals surface area contributed by atoms with Crippen molar-refractivity contribution in [3.8, 4) is 0 Å². The van der Waals surface area contributed by atoms with Gasteiger partial charge in [-0.2, -0.15) is 4.98 Å². The van der Waals surface area contributed by atoms with Crippen LogP contribution in [0.25, 0.3) is 0 Å². The number of alkyl halides is 3. The Morgan fingerprint density at radius 3 is 2.53 bits per heavy atom. The first kappa shape index (κ1) is 25.8. The number of carbonyl (C=O) groups excluding carboxylic acids is 1. The van der Waals surface area contributed by atoms with Crippen LogP contribution >= 0.6 is 0 Å². The fourth-order valence-electron chi connectivity index (χ4n) is 5.96. The van der Waals surface area contributed by atoms with Crippen LogP contribution < -0.4 is 10.6 Å². The van der Waals surface area contributed by atoms with Gasteiger partial charge in [0.25, 0.3) is 5.92 Å². The second-order valence-corrected chi connectivity index (χ2v) is 11.8. The van der Waals surface area contributed by atoms with Crippen molar-refractivity contribution in [3.05, 3.63) is 11.7 Å². The second kappa shape index (κ2) is 9.78. The van der Waals surface area contributed by atoms with E-state index in [4.69, 9.17) is 4.52 Å². The molecule has 2 aliphatic carbocycles. The topological polar surface area (TPSA) is 86.5 Å². The number of carbonyl (C=O) groups is 1. The lowest BCUT2D eigenvalue weighted by Gasteiger charge is -2.42. The van der Waals surface area contributed by atoms with Crippen molar-refractivity contribution >= 4 is 6.03 Å². The number of halogens is 3. The van der Waals surface area contributed by atoms with E-state index in [1.54, 1.807) is 4.90 Å². The lowest BCUT2D eigenvalue weighted by atomic mass is 9.79.